The molecule has 0 saturated carbocycles. The molecular weight excluding hydrogens is 254 g/mol. The van der Waals surface area contributed by atoms with Crippen molar-refractivity contribution in [2.24, 2.45) is 5.73 Å². The van der Waals surface area contributed by atoms with Gasteiger partial charge in [0.2, 0.25) is 5.91 Å². The molecule has 0 saturated heterocycles. The van der Waals surface area contributed by atoms with E-state index in [1.807, 2.05) is 24.3 Å². The number of amides is 1. The van der Waals surface area contributed by atoms with Gasteiger partial charge < -0.3 is 21.1 Å². The molecule has 4 N–H and O–H groups in total. The molecule has 0 aliphatic rings. The highest BCUT2D eigenvalue weighted by Crippen LogP contribution is 2.09. The number of carbonyl (C=O) groups is 1. The monoisotopic (exact) mass is 279 g/mol. The van der Waals surface area contributed by atoms with Gasteiger partial charge in [-0.2, -0.15) is 0 Å². The fraction of sp³-hybridized carbons (Fsp3) is 0.533. The largest absolute Gasteiger partial charge is 0.395 e. The first-order valence-electron chi connectivity index (χ1n) is 7.11. The molecular formula is C15H25N3O2. The number of nitrogens with zero attached hydrogens (tertiary/aromatic N) is 1. The summed E-state index contributed by atoms with van der Waals surface area (Å²) in [6.45, 7) is 5.10. The van der Waals surface area contributed by atoms with E-state index in [0.29, 0.717) is 19.5 Å². The highest BCUT2D eigenvalue weighted by atomic mass is 16.3. The lowest BCUT2D eigenvalue weighted by molar-refractivity contribution is -0.116. The summed E-state index contributed by atoms with van der Waals surface area (Å²) in [4.78, 5) is 13.9. The summed E-state index contributed by atoms with van der Waals surface area (Å²) in [5.74, 6) is 0.0190. The lowest BCUT2D eigenvalue weighted by Gasteiger charge is -2.18. The second-order valence-electron chi connectivity index (χ2n) is 4.71. The average Bonchev–Trinajstić information content (AvgIpc) is 2.47. The van der Waals surface area contributed by atoms with Crippen molar-refractivity contribution >= 4 is 11.6 Å². The molecule has 0 aliphatic heterocycles. The molecule has 20 heavy (non-hydrogen) atoms. The maximum Gasteiger partial charge on any atom is 0.224 e. The molecule has 0 bridgehead atoms. The summed E-state index contributed by atoms with van der Waals surface area (Å²) >= 11 is 0. The number of carbonyl (C=O) groups excluding carboxylic acids is 1. The first kappa shape index (κ1) is 16.6. The Morgan fingerprint density at radius 2 is 2.00 bits per heavy atom. The van der Waals surface area contributed by atoms with Crippen LogP contribution in [0.15, 0.2) is 24.3 Å². The molecule has 1 aromatic carbocycles. The van der Waals surface area contributed by atoms with Gasteiger partial charge in [-0.05, 0) is 37.2 Å². The molecule has 0 fully saturated rings. The van der Waals surface area contributed by atoms with E-state index in [-0.39, 0.29) is 12.5 Å². The topological polar surface area (TPSA) is 78.6 Å². The number of aliphatic hydroxyl groups excluding tert-OH is 1. The molecule has 5 heteroatoms. The molecule has 112 valence electrons. The third kappa shape index (κ3) is 6.14. The van der Waals surface area contributed by atoms with Crippen LogP contribution in [0.4, 0.5) is 5.69 Å². The van der Waals surface area contributed by atoms with Crippen molar-refractivity contribution in [3.63, 3.8) is 0 Å². The zero-order chi connectivity index (χ0) is 14.8. The Hall–Kier alpha value is -1.43. The van der Waals surface area contributed by atoms with Gasteiger partial charge in [0.25, 0.3) is 0 Å². The van der Waals surface area contributed by atoms with E-state index in [2.05, 4.69) is 17.1 Å². The van der Waals surface area contributed by atoms with Gasteiger partial charge >= 0.3 is 0 Å². The van der Waals surface area contributed by atoms with Crippen LogP contribution in [0, 0.1) is 0 Å². The SMILES string of the molecule is CCN(CCO)CCCC(=O)Nc1ccc(CN)cc1. The van der Waals surface area contributed by atoms with Gasteiger partial charge in [0, 0.05) is 25.2 Å². The van der Waals surface area contributed by atoms with Crippen LogP contribution in [-0.4, -0.2) is 42.2 Å². The van der Waals surface area contributed by atoms with E-state index in [9.17, 15) is 4.79 Å². The maximum absolute atomic E-state index is 11.8. The molecule has 0 aliphatic carbocycles. The Morgan fingerprint density at radius 3 is 2.55 bits per heavy atom. The average molecular weight is 279 g/mol. The van der Waals surface area contributed by atoms with E-state index in [0.717, 1.165) is 30.8 Å². The van der Waals surface area contributed by atoms with Crippen LogP contribution < -0.4 is 11.1 Å². The number of likely N-dealkylation sites (N-methyl/N-ethyl adjacent to an activating group) is 1. The highest BCUT2D eigenvalue weighted by molar-refractivity contribution is 5.90. The predicted molar refractivity (Wildman–Crippen MR) is 81.4 cm³/mol. The van der Waals surface area contributed by atoms with E-state index in [1.165, 1.54) is 0 Å². The smallest absolute Gasteiger partial charge is 0.224 e. The van der Waals surface area contributed by atoms with Gasteiger partial charge in [0.05, 0.1) is 6.61 Å². The Labute approximate surface area is 120 Å². The lowest BCUT2D eigenvalue weighted by Crippen LogP contribution is -2.28. The molecule has 0 atom stereocenters. The van der Waals surface area contributed by atoms with Crippen LogP contribution in [0.25, 0.3) is 0 Å². The van der Waals surface area contributed by atoms with Crippen molar-refractivity contribution in [1.29, 1.82) is 0 Å². The van der Waals surface area contributed by atoms with Crippen molar-refractivity contribution in [3.8, 4) is 0 Å². The predicted octanol–water partition coefficient (Wildman–Crippen LogP) is 1.18. The summed E-state index contributed by atoms with van der Waals surface area (Å²) in [5.41, 5.74) is 7.37. The Bertz CT molecular complexity index is 393. The summed E-state index contributed by atoms with van der Waals surface area (Å²) in [7, 11) is 0. The first-order chi connectivity index (χ1) is 9.69. The normalized spacial score (nSPS) is 10.8. The number of aliphatic hydroxyl groups is 1. The number of rotatable bonds is 9. The van der Waals surface area contributed by atoms with Crippen LogP contribution in [0.5, 0.6) is 0 Å². The Morgan fingerprint density at radius 1 is 1.30 bits per heavy atom. The molecule has 5 nitrogen and oxygen atoms in total. The van der Waals surface area contributed by atoms with E-state index in [4.69, 9.17) is 10.8 Å². The number of hydrogen-bond acceptors (Lipinski definition) is 4. The minimum absolute atomic E-state index is 0.0190. The Kier molecular flexibility index (Phi) is 7.87. The van der Waals surface area contributed by atoms with Crippen molar-refractivity contribution in [2.75, 3.05) is 31.6 Å². The van der Waals surface area contributed by atoms with Crippen molar-refractivity contribution in [1.82, 2.24) is 4.90 Å². The Balaban J connectivity index is 2.28. The van der Waals surface area contributed by atoms with Crippen LogP contribution >= 0.6 is 0 Å². The third-order valence-electron chi connectivity index (χ3n) is 3.22. The zero-order valence-corrected chi connectivity index (χ0v) is 12.1. The minimum Gasteiger partial charge on any atom is -0.395 e. The first-order valence-corrected chi connectivity index (χ1v) is 7.11. The number of anilines is 1. The van der Waals surface area contributed by atoms with Gasteiger partial charge in [-0.25, -0.2) is 0 Å². The molecule has 1 aromatic rings. The fourth-order valence-corrected chi connectivity index (χ4v) is 1.98. The number of nitrogens with two attached hydrogens (primary N) is 1. The zero-order valence-electron chi connectivity index (χ0n) is 12.1. The number of nitrogens with one attached hydrogen (secondary N) is 1. The molecule has 0 aromatic heterocycles. The fourth-order valence-electron chi connectivity index (χ4n) is 1.98. The van der Waals surface area contributed by atoms with E-state index < -0.39 is 0 Å². The van der Waals surface area contributed by atoms with Gasteiger partial charge in [-0.15, -0.1) is 0 Å². The maximum atomic E-state index is 11.8. The summed E-state index contributed by atoms with van der Waals surface area (Å²) in [6.07, 6.45) is 1.28. The molecule has 0 heterocycles. The van der Waals surface area contributed by atoms with Crippen LogP contribution in [0.1, 0.15) is 25.3 Å². The van der Waals surface area contributed by atoms with Gasteiger partial charge in [0.15, 0.2) is 0 Å². The van der Waals surface area contributed by atoms with Crippen molar-refractivity contribution in [3.05, 3.63) is 29.8 Å². The van der Waals surface area contributed by atoms with Gasteiger partial charge in [-0.3, -0.25) is 4.79 Å². The van der Waals surface area contributed by atoms with Crippen LogP contribution in [-0.2, 0) is 11.3 Å². The third-order valence-corrected chi connectivity index (χ3v) is 3.22. The lowest BCUT2D eigenvalue weighted by atomic mass is 10.2. The quantitative estimate of drug-likeness (QED) is 0.634. The minimum atomic E-state index is 0.0190. The van der Waals surface area contributed by atoms with E-state index >= 15 is 0 Å². The summed E-state index contributed by atoms with van der Waals surface area (Å²) in [5, 5.41) is 11.8. The number of hydrogen-bond donors (Lipinski definition) is 3. The van der Waals surface area contributed by atoms with Gasteiger partial charge in [-0.1, -0.05) is 19.1 Å². The van der Waals surface area contributed by atoms with Crippen LogP contribution in [0.2, 0.25) is 0 Å². The summed E-state index contributed by atoms with van der Waals surface area (Å²) in [6, 6.07) is 7.56. The van der Waals surface area contributed by atoms with E-state index in [1.54, 1.807) is 0 Å². The van der Waals surface area contributed by atoms with Crippen LogP contribution in [0.3, 0.4) is 0 Å². The number of benzene rings is 1. The van der Waals surface area contributed by atoms with Gasteiger partial charge in [0.1, 0.15) is 0 Å². The van der Waals surface area contributed by atoms with Crippen molar-refractivity contribution < 1.29 is 9.90 Å². The molecule has 0 spiro atoms. The highest BCUT2D eigenvalue weighted by Gasteiger charge is 2.05. The van der Waals surface area contributed by atoms with Crippen molar-refractivity contribution in [2.45, 2.75) is 26.3 Å². The second kappa shape index (κ2) is 9.47. The standard InChI is InChI=1S/C15H25N3O2/c1-2-18(10-11-19)9-3-4-15(20)17-14-7-5-13(12-16)6-8-14/h5-8,19H,2-4,9-12,16H2,1H3,(H,17,20). The molecule has 1 amide bonds. The summed E-state index contributed by atoms with van der Waals surface area (Å²) < 4.78 is 0. The molecule has 1 rings (SSSR count). The molecule has 0 unspecified atom stereocenters. The molecule has 0 radical (unpaired) electrons. The second-order valence-corrected chi connectivity index (χ2v) is 4.71.